The second-order valence-corrected chi connectivity index (χ2v) is 7.99. The molecule has 11 heteroatoms. The Bertz CT molecular complexity index is 1240. The number of nitrogens with one attached hydrogen (secondary N) is 2. The normalized spacial score (nSPS) is 16.6. The van der Waals surface area contributed by atoms with E-state index in [9.17, 15) is 18.8 Å². The van der Waals surface area contributed by atoms with Crippen molar-refractivity contribution in [2.24, 2.45) is 0 Å². The van der Waals surface area contributed by atoms with Gasteiger partial charge in [0.05, 0.1) is 27.5 Å². The topological polar surface area (TPSA) is 111 Å². The number of hydrogen-bond donors (Lipinski definition) is 4. The van der Waals surface area contributed by atoms with Crippen molar-refractivity contribution >= 4 is 46.5 Å². The zero-order valence-corrected chi connectivity index (χ0v) is 18.1. The number of allylic oxidation sites excluding steroid dienone is 1. The molecule has 7 nitrogen and oxygen atoms in total. The Morgan fingerprint density at radius 3 is 2.73 bits per heavy atom. The molecule has 0 radical (unpaired) electrons. The molecule has 2 aromatic heterocycles. The minimum atomic E-state index is -1.72. The average molecular weight is 473 g/mol. The Kier molecular flexibility index (Phi) is 6.99. The predicted octanol–water partition coefficient (Wildman–Crippen LogP) is 2.77. The SMILES string of the molecule is N=C(/C(=C\NC1CCCCO1)c1ccc2ncc(B(O)O)cc2n1)c1cc(Cl)c(F)cc1F. The van der Waals surface area contributed by atoms with Crippen molar-refractivity contribution in [3.8, 4) is 0 Å². The minimum absolute atomic E-state index is 0.151. The fourth-order valence-electron chi connectivity index (χ4n) is 3.50. The van der Waals surface area contributed by atoms with Gasteiger partial charge in [0.25, 0.3) is 0 Å². The number of ether oxygens (including phenoxy) is 1. The first-order valence-corrected chi connectivity index (χ1v) is 10.7. The Balaban J connectivity index is 1.78. The maximum Gasteiger partial charge on any atom is 0.490 e. The molecule has 0 bridgehead atoms. The summed E-state index contributed by atoms with van der Waals surface area (Å²) in [6.45, 7) is 0.604. The first kappa shape index (κ1) is 23.3. The molecule has 1 atom stereocenters. The number of pyridine rings is 2. The molecule has 1 aliphatic heterocycles. The molecular weight excluding hydrogens is 453 g/mol. The van der Waals surface area contributed by atoms with Crippen LogP contribution >= 0.6 is 11.6 Å². The smallest absolute Gasteiger partial charge is 0.423 e. The van der Waals surface area contributed by atoms with Crippen molar-refractivity contribution in [2.75, 3.05) is 6.61 Å². The quantitative estimate of drug-likeness (QED) is 0.249. The van der Waals surface area contributed by atoms with Crippen molar-refractivity contribution in [3.05, 3.63) is 70.6 Å². The lowest BCUT2D eigenvalue weighted by Gasteiger charge is -2.23. The van der Waals surface area contributed by atoms with E-state index in [1.165, 1.54) is 18.5 Å². The van der Waals surface area contributed by atoms with Gasteiger partial charge in [-0.2, -0.15) is 0 Å². The van der Waals surface area contributed by atoms with Crippen LogP contribution in [0, 0.1) is 17.0 Å². The Morgan fingerprint density at radius 2 is 2.00 bits per heavy atom. The fraction of sp³-hybridized carbons (Fsp3) is 0.227. The highest BCUT2D eigenvalue weighted by atomic mass is 35.5. The van der Waals surface area contributed by atoms with Gasteiger partial charge in [-0.1, -0.05) is 11.6 Å². The van der Waals surface area contributed by atoms with Gasteiger partial charge in [0.15, 0.2) is 0 Å². The zero-order chi connectivity index (χ0) is 23.5. The Morgan fingerprint density at radius 1 is 1.18 bits per heavy atom. The highest BCUT2D eigenvalue weighted by Gasteiger charge is 2.20. The van der Waals surface area contributed by atoms with Gasteiger partial charge in [0.1, 0.15) is 17.9 Å². The average Bonchev–Trinajstić information content (AvgIpc) is 2.81. The van der Waals surface area contributed by atoms with E-state index in [2.05, 4.69) is 15.3 Å². The second kappa shape index (κ2) is 9.92. The highest BCUT2D eigenvalue weighted by Crippen LogP contribution is 2.26. The number of nitrogens with zero attached hydrogens (tertiary/aromatic N) is 2. The molecule has 3 aromatic rings. The van der Waals surface area contributed by atoms with Crippen molar-refractivity contribution in [1.82, 2.24) is 15.3 Å². The summed E-state index contributed by atoms with van der Waals surface area (Å²) < 4.78 is 33.9. The molecule has 0 aliphatic carbocycles. The number of fused-ring (bicyclic) bond motifs is 1. The van der Waals surface area contributed by atoms with E-state index in [4.69, 9.17) is 21.7 Å². The number of rotatable bonds is 6. The fourth-order valence-corrected chi connectivity index (χ4v) is 3.66. The third-order valence-corrected chi connectivity index (χ3v) is 5.56. The van der Waals surface area contributed by atoms with E-state index in [0.717, 1.165) is 25.3 Å². The largest absolute Gasteiger partial charge is 0.490 e. The molecule has 1 aromatic carbocycles. The lowest BCUT2D eigenvalue weighted by molar-refractivity contribution is 0.00347. The minimum Gasteiger partial charge on any atom is -0.423 e. The summed E-state index contributed by atoms with van der Waals surface area (Å²) in [7, 11) is -1.72. The summed E-state index contributed by atoms with van der Waals surface area (Å²) in [4.78, 5) is 8.64. The number of hydrogen-bond acceptors (Lipinski definition) is 7. The van der Waals surface area contributed by atoms with Crippen molar-refractivity contribution in [1.29, 1.82) is 5.41 Å². The molecule has 0 spiro atoms. The van der Waals surface area contributed by atoms with Gasteiger partial charge in [-0.25, -0.2) is 13.8 Å². The maximum atomic E-state index is 14.5. The third kappa shape index (κ3) is 5.20. The van der Waals surface area contributed by atoms with E-state index in [-0.39, 0.29) is 33.6 Å². The van der Waals surface area contributed by atoms with Crippen LogP contribution in [0.3, 0.4) is 0 Å². The van der Waals surface area contributed by atoms with Crippen LogP contribution in [0.4, 0.5) is 8.78 Å². The van der Waals surface area contributed by atoms with Gasteiger partial charge in [-0.3, -0.25) is 10.4 Å². The Hall–Kier alpha value is -2.92. The monoisotopic (exact) mass is 472 g/mol. The number of halogens is 3. The first-order valence-electron chi connectivity index (χ1n) is 10.3. The van der Waals surface area contributed by atoms with Crippen LogP contribution < -0.4 is 10.8 Å². The number of benzene rings is 1. The van der Waals surface area contributed by atoms with Crippen molar-refractivity contribution in [3.63, 3.8) is 0 Å². The molecule has 1 fully saturated rings. The van der Waals surface area contributed by atoms with Crippen LogP contribution in [0.5, 0.6) is 0 Å². The van der Waals surface area contributed by atoms with E-state index in [1.54, 1.807) is 12.1 Å². The predicted molar refractivity (Wildman–Crippen MR) is 122 cm³/mol. The molecule has 33 heavy (non-hydrogen) atoms. The first-order chi connectivity index (χ1) is 15.8. The van der Waals surface area contributed by atoms with Gasteiger partial charge in [-0.05, 0) is 43.5 Å². The summed E-state index contributed by atoms with van der Waals surface area (Å²) >= 11 is 5.84. The van der Waals surface area contributed by atoms with Gasteiger partial charge < -0.3 is 20.1 Å². The van der Waals surface area contributed by atoms with Crippen molar-refractivity contribution < 1.29 is 23.6 Å². The van der Waals surface area contributed by atoms with E-state index >= 15 is 0 Å². The van der Waals surface area contributed by atoms with Gasteiger partial charge >= 0.3 is 7.12 Å². The maximum absolute atomic E-state index is 14.5. The van der Waals surface area contributed by atoms with E-state index in [1.807, 2.05) is 0 Å². The molecule has 1 aliphatic rings. The zero-order valence-electron chi connectivity index (χ0n) is 17.4. The van der Waals surface area contributed by atoms with Crippen LogP contribution in [0.2, 0.25) is 5.02 Å². The van der Waals surface area contributed by atoms with Crippen LogP contribution in [-0.4, -0.2) is 45.7 Å². The molecule has 4 rings (SSSR count). The molecule has 4 N–H and O–H groups in total. The second-order valence-electron chi connectivity index (χ2n) is 7.58. The molecule has 1 saturated heterocycles. The lowest BCUT2D eigenvalue weighted by atomic mass is 9.81. The number of aromatic nitrogens is 2. The Labute approximate surface area is 193 Å². The molecule has 0 amide bonds. The van der Waals surface area contributed by atoms with E-state index in [0.29, 0.717) is 29.4 Å². The molecular formula is C22H20BClF2N4O3. The van der Waals surface area contributed by atoms with Crippen LogP contribution in [0.15, 0.2) is 42.7 Å². The summed E-state index contributed by atoms with van der Waals surface area (Å²) in [6, 6.07) is 6.41. The molecule has 170 valence electrons. The summed E-state index contributed by atoms with van der Waals surface area (Å²) in [5, 5.41) is 30.3. The standard InChI is InChI=1S/C22H20BClF2N4O3/c24-15-8-13(16(25)9-17(15)26)22(27)14(11-29-21-3-1-2-6-33-21)18-4-5-19-20(30-18)7-12(10-28-19)23(31)32/h4-5,7-11,21,27,29,31-32H,1-3,6H2/b14-11-,27-22?. The van der Waals surface area contributed by atoms with Crippen LogP contribution in [0.1, 0.15) is 30.5 Å². The van der Waals surface area contributed by atoms with Crippen molar-refractivity contribution in [2.45, 2.75) is 25.5 Å². The lowest BCUT2D eigenvalue weighted by Crippen LogP contribution is -2.31. The van der Waals surface area contributed by atoms with Crippen LogP contribution in [0.25, 0.3) is 16.6 Å². The van der Waals surface area contributed by atoms with E-state index < -0.39 is 18.8 Å². The van der Waals surface area contributed by atoms with Gasteiger partial charge in [0.2, 0.25) is 0 Å². The third-order valence-electron chi connectivity index (χ3n) is 5.27. The molecule has 1 unspecified atom stereocenters. The van der Waals surface area contributed by atoms with Gasteiger partial charge in [0, 0.05) is 41.7 Å². The summed E-state index contributed by atoms with van der Waals surface area (Å²) in [6.07, 6.45) is 5.27. The molecule has 0 saturated carbocycles. The summed E-state index contributed by atoms with van der Waals surface area (Å²) in [5.41, 5.74) is 1.04. The van der Waals surface area contributed by atoms with Gasteiger partial charge in [-0.15, -0.1) is 0 Å². The highest BCUT2D eigenvalue weighted by molar-refractivity contribution is 6.58. The molecule has 3 heterocycles. The summed E-state index contributed by atoms with van der Waals surface area (Å²) in [5.74, 6) is -1.86. The van der Waals surface area contributed by atoms with Crippen LogP contribution in [-0.2, 0) is 4.74 Å².